The van der Waals surface area contributed by atoms with Gasteiger partial charge in [0.05, 0.1) is 83.4 Å². The van der Waals surface area contributed by atoms with E-state index in [2.05, 4.69) is 10.6 Å². The van der Waals surface area contributed by atoms with E-state index in [1.807, 2.05) is 13.8 Å². The molecule has 0 aromatic rings. The third-order valence-corrected chi connectivity index (χ3v) is 17.2. The zero-order chi connectivity index (χ0) is 65.6. The van der Waals surface area contributed by atoms with Gasteiger partial charge in [0.25, 0.3) is 0 Å². The first-order valence-corrected chi connectivity index (χ1v) is 33.0. The van der Waals surface area contributed by atoms with Gasteiger partial charge in [-0.15, -0.1) is 0 Å². The first kappa shape index (κ1) is 80.2. The second-order valence-electron chi connectivity index (χ2n) is 25.2. The van der Waals surface area contributed by atoms with Gasteiger partial charge < -0.3 is 94.5 Å². The molecule has 2 aliphatic heterocycles. The van der Waals surface area contributed by atoms with Crippen LogP contribution in [0.3, 0.4) is 0 Å². The Kier molecular flexibility index (Phi) is 41.5. The largest absolute Gasteiger partial charge is 0.396 e. The fraction of sp³-hybridized carbons (Fsp3) is 0.906. The summed E-state index contributed by atoms with van der Waals surface area (Å²) in [7, 11) is 0. The number of hydrogen-bond donors (Lipinski definition) is 11. The van der Waals surface area contributed by atoms with Crippen LogP contribution in [0.4, 0.5) is 0 Å². The zero-order valence-electron chi connectivity index (χ0n) is 53.8. The molecule has 0 bridgehead atoms. The smallest absolute Gasteiger partial charge is 0.222 e. The minimum Gasteiger partial charge on any atom is -0.396 e. The molecule has 25 nitrogen and oxygen atoms in total. The highest BCUT2D eigenvalue weighted by molar-refractivity contribution is 5.80. The standard InChI is InChI=1S/C64H114N2O23/c1-43-51(36-46(37-67)59(79)56(43)76)85-30-14-11-22-47(70)18-7-5-9-20-49(72)25-33-82-40-64(4,41-83-34-26-50(73)21-10-6-8-19-48(71)23-12-15-31-86-62-44(2)57(77)60(80)52(38-68)88-62)42-84-35-27-55(75)66-29-17-28-65-54(74)24-13-16-32-87-63-45(3)58(78)61(81)53(39-69)89-63/h43-46,51-53,56-63,67-69,76-81H,5-42H2,1-4H3,(H,65,74)(H,66,75). The highest BCUT2D eigenvalue weighted by Gasteiger charge is 2.44. The average Bonchev–Trinajstić information content (AvgIpc) is 3.38. The van der Waals surface area contributed by atoms with E-state index in [-0.39, 0.29) is 126 Å². The van der Waals surface area contributed by atoms with Crippen LogP contribution >= 0.6 is 0 Å². The van der Waals surface area contributed by atoms with Gasteiger partial charge in [0.1, 0.15) is 47.5 Å². The third kappa shape index (κ3) is 32.1. The van der Waals surface area contributed by atoms with E-state index >= 15 is 0 Å². The number of carbonyl (C=O) groups is 6. The zero-order valence-corrected chi connectivity index (χ0v) is 53.8. The summed E-state index contributed by atoms with van der Waals surface area (Å²) in [6.45, 7) is 8.73. The molecule has 3 rings (SSSR count). The lowest BCUT2D eigenvalue weighted by molar-refractivity contribution is -0.282. The summed E-state index contributed by atoms with van der Waals surface area (Å²) >= 11 is 0. The molecule has 25 heteroatoms. The summed E-state index contributed by atoms with van der Waals surface area (Å²) in [6, 6.07) is 0. The maximum absolute atomic E-state index is 12.8. The first-order valence-electron chi connectivity index (χ1n) is 33.0. The predicted octanol–water partition coefficient (Wildman–Crippen LogP) is 2.46. The Morgan fingerprint density at radius 1 is 0.404 bits per heavy atom. The molecule has 16 atom stereocenters. The van der Waals surface area contributed by atoms with E-state index < -0.39 is 97.8 Å². The van der Waals surface area contributed by atoms with Crippen molar-refractivity contribution in [3.63, 3.8) is 0 Å². The van der Waals surface area contributed by atoms with Crippen molar-refractivity contribution < 1.29 is 113 Å². The van der Waals surface area contributed by atoms with E-state index in [1.165, 1.54) is 0 Å². The van der Waals surface area contributed by atoms with Gasteiger partial charge in [-0.2, -0.15) is 0 Å². The van der Waals surface area contributed by atoms with Crippen molar-refractivity contribution in [2.75, 3.05) is 92.4 Å². The van der Waals surface area contributed by atoms with Crippen LogP contribution in [0.15, 0.2) is 0 Å². The maximum Gasteiger partial charge on any atom is 0.222 e. The molecule has 2 heterocycles. The first-order chi connectivity index (χ1) is 42.6. The molecule has 2 amide bonds. The number of carbonyl (C=O) groups excluding carboxylic acids is 6. The summed E-state index contributed by atoms with van der Waals surface area (Å²) < 4.78 is 46.5. The predicted molar refractivity (Wildman–Crippen MR) is 325 cm³/mol. The van der Waals surface area contributed by atoms with Crippen LogP contribution in [0.2, 0.25) is 0 Å². The number of ether oxygens (including phenoxy) is 8. The van der Waals surface area contributed by atoms with E-state index in [9.17, 15) is 74.7 Å². The lowest BCUT2D eigenvalue weighted by atomic mass is 9.77. The van der Waals surface area contributed by atoms with E-state index in [0.29, 0.717) is 142 Å². The molecule has 3 aliphatic rings. The van der Waals surface area contributed by atoms with Gasteiger partial charge in [-0.25, -0.2) is 0 Å². The number of Topliss-reactive ketones (excluding diaryl/α,β-unsaturated/α-hetero) is 4. The number of rotatable bonds is 52. The van der Waals surface area contributed by atoms with Crippen LogP contribution in [-0.2, 0) is 66.7 Å². The molecule has 1 aliphatic carbocycles. The average molecular weight is 1280 g/mol. The van der Waals surface area contributed by atoms with Gasteiger partial charge in [0, 0.05) is 133 Å². The normalized spacial score (nSPS) is 27.9. The van der Waals surface area contributed by atoms with Gasteiger partial charge in [-0.05, 0) is 77.0 Å². The summed E-state index contributed by atoms with van der Waals surface area (Å²) in [6.07, 6.45) is 1.84. The number of aliphatic hydroxyl groups is 9. The Bertz CT molecular complexity index is 1750. The van der Waals surface area contributed by atoms with Gasteiger partial charge in [-0.3, -0.25) is 28.8 Å². The Morgan fingerprint density at radius 3 is 1.18 bits per heavy atom. The lowest BCUT2D eigenvalue weighted by Crippen LogP contribution is -2.55. The second kappa shape index (κ2) is 46.1. The number of aliphatic hydroxyl groups excluding tert-OH is 9. The molecule has 89 heavy (non-hydrogen) atoms. The molecule has 2 saturated heterocycles. The summed E-state index contributed by atoms with van der Waals surface area (Å²) in [5, 5.41) is 95.0. The van der Waals surface area contributed by atoms with E-state index in [4.69, 9.17) is 37.9 Å². The Morgan fingerprint density at radius 2 is 0.764 bits per heavy atom. The van der Waals surface area contributed by atoms with Crippen LogP contribution in [0.1, 0.15) is 182 Å². The molecule has 11 N–H and O–H groups in total. The molecule has 3 fully saturated rings. The van der Waals surface area contributed by atoms with Gasteiger partial charge in [-0.1, -0.05) is 40.5 Å². The number of nitrogens with one attached hydrogen (secondary N) is 2. The maximum atomic E-state index is 12.8. The molecule has 518 valence electrons. The van der Waals surface area contributed by atoms with Crippen LogP contribution in [-0.4, -0.2) is 241 Å². The van der Waals surface area contributed by atoms with E-state index in [0.717, 1.165) is 12.8 Å². The fourth-order valence-corrected chi connectivity index (χ4v) is 11.0. The van der Waals surface area contributed by atoms with Crippen molar-refractivity contribution in [1.29, 1.82) is 0 Å². The van der Waals surface area contributed by atoms with Crippen LogP contribution in [0.5, 0.6) is 0 Å². The highest BCUT2D eigenvalue weighted by atomic mass is 16.7. The highest BCUT2D eigenvalue weighted by Crippen LogP contribution is 2.33. The van der Waals surface area contributed by atoms with Gasteiger partial charge in [0.15, 0.2) is 12.6 Å². The van der Waals surface area contributed by atoms with Crippen LogP contribution in [0.25, 0.3) is 0 Å². The number of unbranched alkanes of at least 4 members (excludes halogenated alkanes) is 7. The van der Waals surface area contributed by atoms with Crippen LogP contribution < -0.4 is 10.6 Å². The summed E-state index contributed by atoms with van der Waals surface area (Å²) in [5.74, 6) is -1.64. The summed E-state index contributed by atoms with van der Waals surface area (Å²) in [4.78, 5) is 75.6. The molecule has 0 aromatic heterocycles. The van der Waals surface area contributed by atoms with Crippen molar-refractivity contribution in [1.82, 2.24) is 10.6 Å². The minimum absolute atomic E-state index is 0.0441. The Balaban J connectivity index is 1.29. The molecular weight excluding hydrogens is 1160 g/mol. The second-order valence-corrected chi connectivity index (χ2v) is 25.2. The summed E-state index contributed by atoms with van der Waals surface area (Å²) in [5.41, 5.74) is -0.681. The van der Waals surface area contributed by atoms with Crippen molar-refractivity contribution in [3.8, 4) is 0 Å². The Labute approximate surface area is 527 Å². The van der Waals surface area contributed by atoms with E-state index in [1.54, 1.807) is 13.8 Å². The van der Waals surface area contributed by atoms with Gasteiger partial charge in [0.2, 0.25) is 11.8 Å². The molecule has 1 saturated carbocycles. The molecule has 16 unspecified atom stereocenters. The quantitative estimate of drug-likeness (QED) is 0.0390. The lowest BCUT2D eigenvalue weighted by Gasteiger charge is -2.40. The number of ketones is 4. The fourth-order valence-electron chi connectivity index (χ4n) is 11.0. The van der Waals surface area contributed by atoms with Crippen LogP contribution in [0, 0.1) is 29.1 Å². The molecule has 0 radical (unpaired) electrons. The SMILES string of the molecule is CC1C(OCCCCC(=O)CCCCCC(=O)CCOCC(C)(COCCC(=O)CCCCCC(=O)CCCCOC2OC(CO)C(O)C(O)C2C)COCCC(=O)NCCCNC(=O)CCCCOC2OC(CO)C(O)C(O)C2C)CC(CO)C(O)C1O. The molecule has 0 spiro atoms. The molecular formula is C64H114N2O23. The number of hydrogen-bond acceptors (Lipinski definition) is 23. The van der Waals surface area contributed by atoms with Crippen molar-refractivity contribution in [2.45, 2.75) is 249 Å². The van der Waals surface area contributed by atoms with Crippen molar-refractivity contribution >= 4 is 34.9 Å². The van der Waals surface area contributed by atoms with Gasteiger partial charge >= 0.3 is 0 Å². The Hall–Kier alpha value is -3.06. The number of amides is 2. The monoisotopic (exact) mass is 1280 g/mol. The third-order valence-electron chi connectivity index (χ3n) is 17.2. The minimum atomic E-state index is -1.20. The van der Waals surface area contributed by atoms with Crippen molar-refractivity contribution in [2.24, 2.45) is 29.1 Å². The van der Waals surface area contributed by atoms with Crippen molar-refractivity contribution in [3.05, 3.63) is 0 Å². The molecule has 0 aromatic carbocycles. The topological polar surface area (TPSA) is 382 Å².